The van der Waals surface area contributed by atoms with Crippen molar-refractivity contribution in [2.45, 2.75) is 6.92 Å². The van der Waals surface area contributed by atoms with Crippen LogP contribution in [0, 0.1) is 18.6 Å². The van der Waals surface area contributed by atoms with E-state index < -0.39 is 11.6 Å². The SMILES string of the molecule is Cc1cc(-c2nc(-c3ccc(F)c(F)c3)no2)ccc1N. The molecule has 6 heteroatoms. The summed E-state index contributed by atoms with van der Waals surface area (Å²) in [5, 5.41) is 3.78. The zero-order chi connectivity index (χ0) is 15.0. The van der Waals surface area contributed by atoms with Crippen LogP contribution in [0.25, 0.3) is 22.8 Å². The summed E-state index contributed by atoms with van der Waals surface area (Å²) >= 11 is 0. The lowest BCUT2D eigenvalue weighted by atomic mass is 10.1. The molecule has 1 heterocycles. The van der Waals surface area contributed by atoms with E-state index in [1.165, 1.54) is 6.07 Å². The van der Waals surface area contributed by atoms with Crippen molar-refractivity contribution in [2.75, 3.05) is 5.73 Å². The Bertz CT molecular complexity index is 748. The molecule has 0 bridgehead atoms. The Morgan fingerprint density at radius 2 is 1.76 bits per heavy atom. The Morgan fingerprint density at radius 3 is 2.48 bits per heavy atom. The Hall–Kier alpha value is -2.76. The van der Waals surface area contributed by atoms with Gasteiger partial charge in [0.1, 0.15) is 0 Å². The number of nitrogen functional groups attached to an aromatic ring is 1. The maximum atomic E-state index is 13.2. The van der Waals surface area contributed by atoms with Crippen LogP contribution in [0.4, 0.5) is 14.5 Å². The van der Waals surface area contributed by atoms with Crippen molar-refractivity contribution >= 4 is 5.69 Å². The summed E-state index contributed by atoms with van der Waals surface area (Å²) in [5.41, 5.74) is 8.36. The monoisotopic (exact) mass is 287 g/mol. The molecule has 0 radical (unpaired) electrons. The number of nitrogens with zero attached hydrogens (tertiary/aromatic N) is 2. The van der Waals surface area contributed by atoms with Crippen LogP contribution in [0.2, 0.25) is 0 Å². The van der Waals surface area contributed by atoms with Crippen LogP contribution in [-0.2, 0) is 0 Å². The van der Waals surface area contributed by atoms with Gasteiger partial charge in [0.15, 0.2) is 11.6 Å². The van der Waals surface area contributed by atoms with Gasteiger partial charge in [-0.05, 0) is 48.9 Å². The summed E-state index contributed by atoms with van der Waals surface area (Å²) in [6.45, 7) is 1.87. The van der Waals surface area contributed by atoms with E-state index in [4.69, 9.17) is 10.3 Å². The summed E-state index contributed by atoms with van der Waals surface area (Å²) in [6, 6.07) is 8.75. The number of halogens is 2. The summed E-state index contributed by atoms with van der Waals surface area (Å²) in [7, 11) is 0. The van der Waals surface area contributed by atoms with Crippen LogP contribution in [0.5, 0.6) is 0 Å². The first kappa shape index (κ1) is 13.2. The Kier molecular flexibility index (Phi) is 3.13. The first-order valence-corrected chi connectivity index (χ1v) is 6.20. The third-order valence-corrected chi connectivity index (χ3v) is 3.12. The van der Waals surface area contributed by atoms with E-state index in [2.05, 4.69) is 10.1 Å². The second-order valence-electron chi connectivity index (χ2n) is 4.62. The Morgan fingerprint density at radius 1 is 1.00 bits per heavy atom. The van der Waals surface area contributed by atoms with Gasteiger partial charge in [-0.2, -0.15) is 4.98 Å². The normalized spacial score (nSPS) is 10.8. The zero-order valence-corrected chi connectivity index (χ0v) is 11.1. The smallest absolute Gasteiger partial charge is 0.258 e. The van der Waals surface area contributed by atoms with Gasteiger partial charge in [-0.25, -0.2) is 8.78 Å². The minimum atomic E-state index is -0.956. The molecule has 3 rings (SSSR count). The predicted molar refractivity (Wildman–Crippen MR) is 74.2 cm³/mol. The molecule has 21 heavy (non-hydrogen) atoms. The van der Waals surface area contributed by atoms with E-state index in [1.807, 2.05) is 13.0 Å². The number of nitrogens with two attached hydrogens (primary N) is 1. The van der Waals surface area contributed by atoms with Crippen LogP contribution >= 0.6 is 0 Å². The molecule has 3 aromatic rings. The van der Waals surface area contributed by atoms with E-state index >= 15 is 0 Å². The van der Waals surface area contributed by atoms with Crippen LogP contribution in [-0.4, -0.2) is 10.1 Å². The van der Waals surface area contributed by atoms with Crippen molar-refractivity contribution in [1.82, 2.24) is 10.1 Å². The van der Waals surface area contributed by atoms with Crippen LogP contribution in [0.3, 0.4) is 0 Å². The number of aromatic nitrogens is 2. The molecule has 1 aromatic heterocycles. The lowest BCUT2D eigenvalue weighted by Gasteiger charge is -2.00. The lowest BCUT2D eigenvalue weighted by Crippen LogP contribution is -1.90. The van der Waals surface area contributed by atoms with Crippen LogP contribution in [0.1, 0.15) is 5.56 Å². The van der Waals surface area contributed by atoms with E-state index in [0.717, 1.165) is 17.7 Å². The highest BCUT2D eigenvalue weighted by Crippen LogP contribution is 2.25. The molecule has 0 amide bonds. The molecule has 0 fully saturated rings. The van der Waals surface area contributed by atoms with Crippen molar-refractivity contribution in [3.05, 3.63) is 53.6 Å². The lowest BCUT2D eigenvalue weighted by molar-refractivity contribution is 0.432. The summed E-state index contributed by atoms with van der Waals surface area (Å²) in [5.74, 6) is -1.39. The molecular weight excluding hydrogens is 276 g/mol. The molecule has 2 aromatic carbocycles. The van der Waals surface area contributed by atoms with Crippen molar-refractivity contribution < 1.29 is 13.3 Å². The van der Waals surface area contributed by atoms with E-state index in [9.17, 15) is 8.78 Å². The van der Waals surface area contributed by atoms with Gasteiger partial charge in [-0.15, -0.1) is 0 Å². The number of rotatable bonds is 2. The summed E-state index contributed by atoms with van der Waals surface area (Å²) in [6.07, 6.45) is 0. The van der Waals surface area contributed by atoms with Gasteiger partial charge in [0.2, 0.25) is 5.82 Å². The molecule has 4 nitrogen and oxygen atoms in total. The number of hydrogen-bond acceptors (Lipinski definition) is 4. The van der Waals surface area contributed by atoms with Gasteiger partial charge in [0.25, 0.3) is 5.89 Å². The molecule has 0 aliphatic rings. The van der Waals surface area contributed by atoms with Crippen molar-refractivity contribution in [3.8, 4) is 22.8 Å². The molecule has 0 atom stereocenters. The predicted octanol–water partition coefficient (Wildman–Crippen LogP) is 3.57. The topological polar surface area (TPSA) is 64.9 Å². The van der Waals surface area contributed by atoms with Crippen molar-refractivity contribution in [3.63, 3.8) is 0 Å². The second kappa shape index (κ2) is 4.97. The van der Waals surface area contributed by atoms with Gasteiger partial charge in [-0.3, -0.25) is 0 Å². The fraction of sp³-hybridized carbons (Fsp3) is 0.0667. The first-order chi connectivity index (χ1) is 10.0. The molecule has 0 saturated heterocycles. The summed E-state index contributed by atoms with van der Waals surface area (Å²) in [4.78, 5) is 4.18. The van der Waals surface area contributed by atoms with Crippen molar-refractivity contribution in [2.24, 2.45) is 0 Å². The van der Waals surface area contributed by atoms with Gasteiger partial charge >= 0.3 is 0 Å². The highest BCUT2D eigenvalue weighted by atomic mass is 19.2. The molecule has 0 unspecified atom stereocenters. The standard InChI is InChI=1S/C15H11F2N3O/c1-8-6-10(3-5-13(8)18)15-19-14(20-21-15)9-2-4-11(16)12(17)7-9/h2-7H,18H2,1H3. The maximum Gasteiger partial charge on any atom is 0.258 e. The van der Waals surface area contributed by atoms with Gasteiger partial charge in [-0.1, -0.05) is 5.16 Å². The Balaban J connectivity index is 1.99. The van der Waals surface area contributed by atoms with E-state index in [-0.39, 0.29) is 11.7 Å². The number of anilines is 1. The molecule has 0 spiro atoms. The van der Waals surface area contributed by atoms with E-state index in [1.54, 1.807) is 12.1 Å². The molecule has 0 aliphatic carbocycles. The molecule has 106 valence electrons. The largest absolute Gasteiger partial charge is 0.399 e. The number of hydrogen-bond donors (Lipinski definition) is 1. The van der Waals surface area contributed by atoms with Crippen LogP contribution < -0.4 is 5.73 Å². The average molecular weight is 287 g/mol. The minimum Gasteiger partial charge on any atom is -0.399 e. The minimum absolute atomic E-state index is 0.193. The maximum absolute atomic E-state index is 13.2. The Labute approximate surface area is 119 Å². The van der Waals surface area contributed by atoms with Crippen molar-refractivity contribution in [1.29, 1.82) is 0 Å². The molecule has 0 aliphatic heterocycles. The number of aryl methyl sites for hydroxylation is 1. The third-order valence-electron chi connectivity index (χ3n) is 3.12. The van der Waals surface area contributed by atoms with Gasteiger partial charge in [0.05, 0.1) is 0 Å². The average Bonchev–Trinajstić information content (AvgIpc) is 2.94. The summed E-state index contributed by atoms with van der Waals surface area (Å²) < 4.78 is 31.3. The first-order valence-electron chi connectivity index (χ1n) is 6.20. The fourth-order valence-electron chi connectivity index (χ4n) is 1.90. The third kappa shape index (κ3) is 2.47. The quantitative estimate of drug-likeness (QED) is 0.732. The van der Waals surface area contributed by atoms with Gasteiger partial charge < -0.3 is 10.3 Å². The van der Waals surface area contributed by atoms with E-state index in [0.29, 0.717) is 16.8 Å². The van der Waals surface area contributed by atoms with Crippen LogP contribution in [0.15, 0.2) is 40.9 Å². The number of benzene rings is 2. The second-order valence-corrected chi connectivity index (χ2v) is 4.62. The molecule has 2 N–H and O–H groups in total. The van der Waals surface area contributed by atoms with Gasteiger partial charge in [0, 0.05) is 16.8 Å². The highest BCUT2D eigenvalue weighted by Gasteiger charge is 2.13. The fourth-order valence-corrected chi connectivity index (χ4v) is 1.90. The molecule has 0 saturated carbocycles. The zero-order valence-electron chi connectivity index (χ0n) is 11.1. The highest BCUT2D eigenvalue weighted by molar-refractivity contribution is 5.63. The molecular formula is C15H11F2N3O.